The first kappa shape index (κ1) is 13.6. The van der Waals surface area contributed by atoms with E-state index in [0.29, 0.717) is 19.7 Å². The molecule has 2 rings (SSSR count). The van der Waals surface area contributed by atoms with Gasteiger partial charge in [-0.1, -0.05) is 0 Å². The lowest BCUT2D eigenvalue weighted by Crippen LogP contribution is -2.51. The van der Waals surface area contributed by atoms with Crippen LogP contribution in [0.25, 0.3) is 0 Å². The summed E-state index contributed by atoms with van der Waals surface area (Å²) in [7, 11) is 0. The predicted octanol–water partition coefficient (Wildman–Crippen LogP) is 0.824. The van der Waals surface area contributed by atoms with Crippen LogP contribution < -0.4 is 0 Å². The normalized spacial score (nSPS) is 18.3. The van der Waals surface area contributed by atoms with Crippen molar-refractivity contribution in [3.05, 3.63) is 24.0 Å². The Labute approximate surface area is 111 Å². The Morgan fingerprint density at radius 1 is 1.47 bits per heavy atom. The van der Waals surface area contributed by atoms with Crippen molar-refractivity contribution < 1.29 is 19.4 Å². The summed E-state index contributed by atoms with van der Waals surface area (Å²) in [5.74, 6) is -1.12. The molecule has 1 aliphatic heterocycles. The molecule has 0 saturated carbocycles. The SMILES string of the molecule is CC1(C)CN(C(=O)Cn2cccc2C(=O)O)CCO1. The van der Waals surface area contributed by atoms with E-state index in [1.165, 1.54) is 10.6 Å². The number of hydrogen-bond donors (Lipinski definition) is 1. The van der Waals surface area contributed by atoms with Crippen molar-refractivity contribution in [1.29, 1.82) is 0 Å². The van der Waals surface area contributed by atoms with Crippen molar-refractivity contribution >= 4 is 11.9 Å². The Bertz CT molecular complexity index is 493. The van der Waals surface area contributed by atoms with Crippen LogP contribution in [0, 0.1) is 0 Å². The van der Waals surface area contributed by atoms with Crippen molar-refractivity contribution in [1.82, 2.24) is 9.47 Å². The summed E-state index contributed by atoms with van der Waals surface area (Å²) in [6, 6.07) is 3.11. The number of ether oxygens (including phenoxy) is 1. The van der Waals surface area contributed by atoms with E-state index in [1.54, 1.807) is 17.2 Å². The molecule has 0 aromatic carbocycles. The molecule has 0 spiro atoms. The first-order valence-electron chi connectivity index (χ1n) is 6.19. The lowest BCUT2D eigenvalue weighted by atomic mass is 10.1. The lowest BCUT2D eigenvalue weighted by Gasteiger charge is -2.38. The van der Waals surface area contributed by atoms with Crippen LogP contribution in [0.3, 0.4) is 0 Å². The number of carboxylic acid groups (broad SMARTS) is 1. The Hall–Kier alpha value is -1.82. The number of carbonyl (C=O) groups is 2. The van der Waals surface area contributed by atoms with Crippen molar-refractivity contribution in [2.75, 3.05) is 19.7 Å². The Morgan fingerprint density at radius 2 is 2.21 bits per heavy atom. The van der Waals surface area contributed by atoms with Crippen molar-refractivity contribution in [3.8, 4) is 0 Å². The van der Waals surface area contributed by atoms with E-state index < -0.39 is 5.97 Å². The summed E-state index contributed by atoms with van der Waals surface area (Å²) in [5, 5.41) is 9.00. The first-order valence-corrected chi connectivity index (χ1v) is 6.19. The van der Waals surface area contributed by atoms with Crippen LogP contribution in [0.4, 0.5) is 0 Å². The summed E-state index contributed by atoms with van der Waals surface area (Å²) < 4.78 is 7.00. The van der Waals surface area contributed by atoms with Gasteiger partial charge in [-0.05, 0) is 26.0 Å². The predicted molar refractivity (Wildman–Crippen MR) is 68.0 cm³/mol. The maximum atomic E-state index is 12.2. The van der Waals surface area contributed by atoms with Crippen molar-refractivity contribution in [2.24, 2.45) is 0 Å². The number of carboxylic acids is 1. The molecule has 1 saturated heterocycles. The zero-order valence-electron chi connectivity index (χ0n) is 11.1. The van der Waals surface area contributed by atoms with Gasteiger partial charge in [0.2, 0.25) is 5.91 Å². The number of rotatable bonds is 3. The van der Waals surface area contributed by atoms with Gasteiger partial charge in [0.05, 0.1) is 12.2 Å². The number of aromatic carboxylic acids is 1. The minimum atomic E-state index is -1.03. The molecule has 1 fully saturated rings. The van der Waals surface area contributed by atoms with Crippen LogP contribution >= 0.6 is 0 Å². The van der Waals surface area contributed by atoms with Gasteiger partial charge in [-0.2, -0.15) is 0 Å². The molecule has 19 heavy (non-hydrogen) atoms. The zero-order valence-corrected chi connectivity index (χ0v) is 11.1. The highest BCUT2D eigenvalue weighted by Gasteiger charge is 2.30. The maximum absolute atomic E-state index is 12.2. The lowest BCUT2D eigenvalue weighted by molar-refractivity contribution is -0.146. The molecule has 1 aromatic rings. The van der Waals surface area contributed by atoms with E-state index >= 15 is 0 Å². The van der Waals surface area contributed by atoms with Crippen LogP contribution in [-0.2, 0) is 16.1 Å². The molecule has 2 heterocycles. The molecule has 1 aliphatic rings. The average Bonchev–Trinajstić information content (AvgIpc) is 2.75. The Balaban J connectivity index is 2.05. The fourth-order valence-electron chi connectivity index (χ4n) is 2.22. The third-order valence-electron chi connectivity index (χ3n) is 3.13. The van der Waals surface area contributed by atoms with E-state index in [-0.39, 0.29) is 23.7 Å². The van der Waals surface area contributed by atoms with Gasteiger partial charge in [0.25, 0.3) is 0 Å². The van der Waals surface area contributed by atoms with E-state index in [4.69, 9.17) is 9.84 Å². The van der Waals surface area contributed by atoms with Gasteiger partial charge < -0.3 is 19.3 Å². The second-order valence-corrected chi connectivity index (χ2v) is 5.25. The standard InChI is InChI=1S/C13H18N2O4/c1-13(2)9-15(6-7-19-13)11(16)8-14-5-3-4-10(14)12(17)18/h3-5H,6-9H2,1-2H3,(H,17,18). The molecule has 6 heteroatoms. The molecule has 0 radical (unpaired) electrons. The molecule has 1 N–H and O–H groups in total. The first-order chi connectivity index (χ1) is 8.89. The number of hydrogen-bond acceptors (Lipinski definition) is 3. The van der Waals surface area contributed by atoms with Gasteiger partial charge in [0.1, 0.15) is 12.2 Å². The highest BCUT2D eigenvalue weighted by atomic mass is 16.5. The largest absolute Gasteiger partial charge is 0.477 e. The zero-order chi connectivity index (χ0) is 14.0. The monoisotopic (exact) mass is 266 g/mol. The third-order valence-corrected chi connectivity index (χ3v) is 3.13. The molecule has 6 nitrogen and oxygen atoms in total. The number of amides is 1. The third kappa shape index (κ3) is 3.14. The van der Waals surface area contributed by atoms with E-state index in [2.05, 4.69) is 0 Å². The molecule has 1 amide bonds. The number of nitrogens with zero attached hydrogens (tertiary/aromatic N) is 2. The van der Waals surface area contributed by atoms with Crippen LogP contribution in [0.1, 0.15) is 24.3 Å². The fourth-order valence-corrected chi connectivity index (χ4v) is 2.22. The van der Waals surface area contributed by atoms with Crippen molar-refractivity contribution in [3.63, 3.8) is 0 Å². The average molecular weight is 266 g/mol. The molecule has 0 atom stereocenters. The van der Waals surface area contributed by atoms with Crippen LogP contribution in [0.5, 0.6) is 0 Å². The summed E-state index contributed by atoms with van der Waals surface area (Å²) in [6.07, 6.45) is 1.60. The minimum absolute atomic E-state index is 0.0463. The number of morpholine rings is 1. The van der Waals surface area contributed by atoms with Gasteiger partial charge in [-0.25, -0.2) is 4.79 Å². The van der Waals surface area contributed by atoms with Gasteiger partial charge in [0.15, 0.2) is 0 Å². The number of aromatic nitrogens is 1. The molecule has 0 bridgehead atoms. The topological polar surface area (TPSA) is 71.8 Å². The highest BCUT2D eigenvalue weighted by Crippen LogP contribution is 2.17. The second-order valence-electron chi connectivity index (χ2n) is 5.25. The molecular weight excluding hydrogens is 248 g/mol. The van der Waals surface area contributed by atoms with Crippen LogP contribution in [-0.4, -0.2) is 51.7 Å². The summed E-state index contributed by atoms with van der Waals surface area (Å²) in [5.41, 5.74) is -0.221. The summed E-state index contributed by atoms with van der Waals surface area (Å²) >= 11 is 0. The van der Waals surface area contributed by atoms with Gasteiger partial charge in [0, 0.05) is 19.3 Å². The van der Waals surface area contributed by atoms with Crippen LogP contribution in [0.15, 0.2) is 18.3 Å². The smallest absolute Gasteiger partial charge is 0.352 e. The van der Waals surface area contributed by atoms with E-state index in [9.17, 15) is 9.59 Å². The van der Waals surface area contributed by atoms with Crippen LogP contribution in [0.2, 0.25) is 0 Å². The Morgan fingerprint density at radius 3 is 2.84 bits per heavy atom. The van der Waals surface area contributed by atoms with Gasteiger partial charge in [-0.15, -0.1) is 0 Å². The molecule has 0 aliphatic carbocycles. The highest BCUT2D eigenvalue weighted by molar-refractivity contribution is 5.86. The van der Waals surface area contributed by atoms with Gasteiger partial charge in [-0.3, -0.25) is 4.79 Å². The summed E-state index contributed by atoms with van der Waals surface area (Å²) in [4.78, 5) is 24.9. The number of carbonyl (C=O) groups excluding carboxylic acids is 1. The second kappa shape index (κ2) is 5.05. The summed E-state index contributed by atoms with van der Waals surface area (Å²) in [6.45, 7) is 5.50. The molecule has 1 aromatic heterocycles. The minimum Gasteiger partial charge on any atom is -0.477 e. The fraction of sp³-hybridized carbons (Fsp3) is 0.538. The molecule has 104 valence electrons. The van der Waals surface area contributed by atoms with Gasteiger partial charge >= 0.3 is 5.97 Å². The molecule has 0 unspecified atom stereocenters. The molecular formula is C13H18N2O4. The Kier molecular flexibility index (Phi) is 3.61. The van der Waals surface area contributed by atoms with Crippen molar-refractivity contribution in [2.45, 2.75) is 26.0 Å². The van der Waals surface area contributed by atoms with E-state index in [1.807, 2.05) is 13.8 Å². The quantitative estimate of drug-likeness (QED) is 0.879. The maximum Gasteiger partial charge on any atom is 0.352 e. The van der Waals surface area contributed by atoms with E-state index in [0.717, 1.165) is 0 Å².